The molecule has 1 nitrogen and oxygen atoms in total. The number of aromatic nitrogens is 1. The van der Waals surface area contributed by atoms with Gasteiger partial charge in [-0.15, -0.1) is 0 Å². The van der Waals surface area contributed by atoms with E-state index in [1.807, 2.05) is 0 Å². The summed E-state index contributed by atoms with van der Waals surface area (Å²) in [5.41, 5.74) is 6.20. The van der Waals surface area contributed by atoms with Crippen LogP contribution in [0.1, 0.15) is 16.7 Å². The molecule has 106 valence electrons. The number of rotatable bonds is 0. The first kappa shape index (κ1) is 11.6. The third-order valence-electron chi connectivity index (χ3n) is 5.18. The zero-order valence-electron chi connectivity index (χ0n) is 12.5. The monoisotopic (exact) mass is 291 g/mol. The zero-order valence-corrected chi connectivity index (χ0v) is 12.5. The molecule has 2 aliphatic carbocycles. The Balaban J connectivity index is 1.91. The molecule has 0 radical (unpaired) electrons. The molecule has 1 aromatic heterocycles. The Hall–Kier alpha value is -2.93. The van der Waals surface area contributed by atoms with Crippen LogP contribution in [0.15, 0.2) is 48.6 Å². The number of hydrogen-bond acceptors (Lipinski definition) is 1. The minimum atomic E-state index is 0.999. The molecule has 0 N–H and O–H groups in total. The number of pyridine rings is 1. The molecule has 4 aromatic rings. The Morgan fingerprint density at radius 2 is 1.65 bits per heavy atom. The summed E-state index contributed by atoms with van der Waals surface area (Å²) < 4.78 is 0. The lowest BCUT2D eigenvalue weighted by molar-refractivity contribution is 1.23. The van der Waals surface area contributed by atoms with Gasteiger partial charge in [-0.3, -0.25) is 0 Å². The smallest absolute Gasteiger partial charge is 0.0722 e. The molecule has 0 amide bonds. The maximum absolute atomic E-state index is 4.98. The van der Waals surface area contributed by atoms with E-state index < -0.39 is 0 Å². The van der Waals surface area contributed by atoms with Crippen LogP contribution < -0.4 is 5.22 Å². The number of allylic oxidation sites excluding steroid dienone is 2. The van der Waals surface area contributed by atoms with Crippen molar-refractivity contribution in [2.24, 2.45) is 0 Å². The molecule has 0 aliphatic heterocycles. The van der Waals surface area contributed by atoms with Gasteiger partial charge in [-0.2, -0.15) is 0 Å². The van der Waals surface area contributed by atoms with Crippen molar-refractivity contribution in [2.45, 2.75) is 6.42 Å². The fraction of sp³-hybridized carbons (Fsp3) is 0.0455. The van der Waals surface area contributed by atoms with E-state index in [1.165, 1.54) is 43.5 Å². The summed E-state index contributed by atoms with van der Waals surface area (Å²) in [5.74, 6) is 0. The van der Waals surface area contributed by atoms with Gasteiger partial charge in [0.1, 0.15) is 0 Å². The first-order valence-electron chi connectivity index (χ1n) is 8.05. The molecule has 0 saturated heterocycles. The molecule has 0 atom stereocenters. The van der Waals surface area contributed by atoms with Gasteiger partial charge in [0.05, 0.1) is 11.0 Å². The first-order chi connectivity index (χ1) is 11.4. The average Bonchev–Trinajstić information content (AvgIpc) is 3.02. The maximum atomic E-state index is 4.98. The molecular weight excluding hydrogens is 278 g/mol. The molecule has 3 aromatic carbocycles. The highest BCUT2D eigenvalue weighted by molar-refractivity contribution is 6.23. The van der Waals surface area contributed by atoms with E-state index in [4.69, 9.17) is 4.98 Å². The highest BCUT2D eigenvalue weighted by Crippen LogP contribution is 2.38. The van der Waals surface area contributed by atoms with Crippen molar-refractivity contribution in [2.75, 3.05) is 0 Å². The van der Waals surface area contributed by atoms with E-state index >= 15 is 0 Å². The Kier molecular flexibility index (Phi) is 1.96. The molecule has 0 fully saturated rings. The number of nitrogens with zero attached hydrogens (tertiary/aromatic N) is 1. The Labute approximate surface area is 133 Å². The van der Waals surface area contributed by atoms with Gasteiger partial charge in [0.25, 0.3) is 0 Å². The normalized spacial score (nSPS) is 14.8. The summed E-state index contributed by atoms with van der Waals surface area (Å²) in [6.45, 7) is 0. The van der Waals surface area contributed by atoms with Gasteiger partial charge < -0.3 is 0 Å². The lowest BCUT2D eigenvalue weighted by Gasteiger charge is -2.12. The molecule has 1 heterocycles. The molecule has 6 rings (SSSR count). The standard InChI is InChI=1S/C22H13N/c1-2-4-16-12-20-18(11-15(16)3-1)17-9-7-13-5-6-14-8-10-19(23-20)22(17)21(13)14/h1-3,5-12H,4H2. The molecule has 0 bridgehead atoms. The van der Waals surface area contributed by atoms with Gasteiger partial charge in [-0.05, 0) is 57.3 Å². The van der Waals surface area contributed by atoms with Gasteiger partial charge in [-0.25, -0.2) is 4.98 Å². The van der Waals surface area contributed by atoms with E-state index in [-0.39, 0.29) is 0 Å². The van der Waals surface area contributed by atoms with Crippen molar-refractivity contribution in [3.05, 3.63) is 70.5 Å². The summed E-state index contributed by atoms with van der Waals surface area (Å²) in [5, 5.41) is 6.57. The van der Waals surface area contributed by atoms with Gasteiger partial charge in [0.2, 0.25) is 0 Å². The van der Waals surface area contributed by atoms with E-state index in [9.17, 15) is 0 Å². The average molecular weight is 291 g/mol. The number of benzene rings is 3. The topological polar surface area (TPSA) is 12.9 Å². The van der Waals surface area contributed by atoms with E-state index in [2.05, 4.69) is 66.8 Å². The molecule has 0 unspecified atom stereocenters. The van der Waals surface area contributed by atoms with Gasteiger partial charge >= 0.3 is 0 Å². The molecule has 1 heteroatoms. The lowest BCUT2D eigenvalue weighted by atomic mass is 9.94. The third-order valence-corrected chi connectivity index (χ3v) is 5.18. The number of hydrogen-bond donors (Lipinski definition) is 0. The summed E-state index contributed by atoms with van der Waals surface area (Å²) in [6.07, 6.45) is 12.0. The Morgan fingerprint density at radius 1 is 0.783 bits per heavy atom. The van der Waals surface area contributed by atoms with Crippen LogP contribution in [0.4, 0.5) is 0 Å². The summed E-state index contributed by atoms with van der Waals surface area (Å²) in [7, 11) is 0. The zero-order chi connectivity index (χ0) is 15.0. The SMILES string of the molecule is C1=CCc2cc3nc4ccc5c6c(ccc(c3cc2=C1)c46)C=C5. The van der Waals surface area contributed by atoms with Crippen molar-refractivity contribution >= 4 is 50.8 Å². The van der Waals surface area contributed by atoms with Crippen molar-refractivity contribution in [1.82, 2.24) is 4.98 Å². The van der Waals surface area contributed by atoms with E-state index in [1.54, 1.807) is 0 Å². The minimum Gasteiger partial charge on any atom is -0.248 e. The predicted octanol–water partition coefficient (Wildman–Crippen LogP) is 4.64. The maximum Gasteiger partial charge on any atom is 0.0722 e. The Morgan fingerprint density at radius 3 is 2.57 bits per heavy atom. The summed E-state index contributed by atoms with van der Waals surface area (Å²) in [6, 6.07) is 13.4. The van der Waals surface area contributed by atoms with Crippen molar-refractivity contribution in [3.8, 4) is 0 Å². The van der Waals surface area contributed by atoms with Crippen molar-refractivity contribution in [1.29, 1.82) is 0 Å². The van der Waals surface area contributed by atoms with Crippen LogP contribution in [0, 0.1) is 0 Å². The third kappa shape index (κ3) is 1.40. The van der Waals surface area contributed by atoms with Crippen LogP contribution in [-0.4, -0.2) is 4.98 Å². The second-order valence-corrected chi connectivity index (χ2v) is 6.44. The van der Waals surface area contributed by atoms with Crippen molar-refractivity contribution in [3.63, 3.8) is 0 Å². The van der Waals surface area contributed by atoms with Gasteiger partial charge in [0, 0.05) is 10.8 Å². The van der Waals surface area contributed by atoms with Crippen LogP contribution in [0.2, 0.25) is 0 Å². The fourth-order valence-electron chi connectivity index (χ4n) is 4.09. The molecular formula is C22H13N. The van der Waals surface area contributed by atoms with Crippen LogP contribution in [0.3, 0.4) is 0 Å². The van der Waals surface area contributed by atoms with E-state index in [0.717, 1.165) is 17.5 Å². The summed E-state index contributed by atoms with van der Waals surface area (Å²) in [4.78, 5) is 4.98. The highest BCUT2D eigenvalue weighted by atomic mass is 14.7. The molecule has 0 saturated carbocycles. The second-order valence-electron chi connectivity index (χ2n) is 6.44. The van der Waals surface area contributed by atoms with Crippen LogP contribution in [0.5, 0.6) is 0 Å². The van der Waals surface area contributed by atoms with Crippen molar-refractivity contribution < 1.29 is 0 Å². The Bertz CT molecular complexity index is 1260. The van der Waals surface area contributed by atoms with Gasteiger partial charge in [0.15, 0.2) is 0 Å². The second kappa shape index (κ2) is 3.88. The fourth-order valence-corrected chi connectivity index (χ4v) is 4.09. The summed E-state index contributed by atoms with van der Waals surface area (Å²) >= 11 is 0. The largest absolute Gasteiger partial charge is 0.248 e. The van der Waals surface area contributed by atoms with Gasteiger partial charge in [-0.1, -0.05) is 48.6 Å². The quantitative estimate of drug-likeness (QED) is 0.299. The first-order valence-corrected chi connectivity index (χ1v) is 8.05. The van der Waals surface area contributed by atoms with Crippen LogP contribution >= 0.6 is 0 Å². The molecule has 23 heavy (non-hydrogen) atoms. The lowest BCUT2D eigenvalue weighted by Crippen LogP contribution is -2.10. The molecule has 2 aliphatic rings. The predicted molar refractivity (Wildman–Crippen MR) is 98.2 cm³/mol. The number of fused-ring (bicyclic) bond motifs is 3. The van der Waals surface area contributed by atoms with E-state index in [0.29, 0.717) is 0 Å². The molecule has 0 spiro atoms. The van der Waals surface area contributed by atoms with Crippen LogP contribution in [-0.2, 0) is 6.42 Å². The minimum absolute atomic E-state index is 0.999. The highest BCUT2D eigenvalue weighted by Gasteiger charge is 2.16. The van der Waals surface area contributed by atoms with Crippen LogP contribution in [0.25, 0.3) is 50.8 Å².